The molecule has 0 fully saturated rings. The average molecular weight is 391 g/mol. The summed E-state index contributed by atoms with van der Waals surface area (Å²) in [7, 11) is 3.10. The third-order valence-electron chi connectivity index (χ3n) is 4.01. The number of pyridine rings is 1. The summed E-state index contributed by atoms with van der Waals surface area (Å²) in [5, 5.41) is 3.99. The summed E-state index contributed by atoms with van der Waals surface area (Å²) < 4.78 is 16.8. The number of hydrogen-bond donors (Lipinski definition) is 1. The third-order valence-corrected chi connectivity index (χ3v) is 4.01. The van der Waals surface area contributed by atoms with Crippen molar-refractivity contribution in [2.24, 2.45) is 5.10 Å². The first-order valence-electron chi connectivity index (χ1n) is 8.87. The molecule has 3 rings (SSSR count). The van der Waals surface area contributed by atoms with E-state index in [1.807, 2.05) is 30.3 Å². The van der Waals surface area contributed by atoms with Crippen LogP contribution >= 0.6 is 0 Å². The Hall–Kier alpha value is -3.87. The summed E-state index contributed by atoms with van der Waals surface area (Å²) in [5.74, 6) is 1.15. The van der Waals surface area contributed by atoms with Crippen molar-refractivity contribution in [2.45, 2.75) is 6.61 Å². The van der Waals surface area contributed by atoms with Gasteiger partial charge in [-0.1, -0.05) is 30.3 Å². The molecule has 0 aliphatic rings. The first kappa shape index (κ1) is 19.9. The van der Waals surface area contributed by atoms with Crippen LogP contribution in [-0.2, 0) is 6.61 Å². The molecule has 3 aromatic rings. The highest BCUT2D eigenvalue weighted by Crippen LogP contribution is 2.38. The van der Waals surface area contributed by atoms with Crippen molar-refractivity contribution in [1.29, 1.82) is 0 Å². The minimum atomic E-state index is -0.351. The van der Waals surface area contributed by atoms with Gasteiger partial charge in [0.1, 0.15) is 6.61 Å². The molecular weight excluding hydrogens is 370 g/mol. The van der Waals surface area contributed by atoms with E-state index in [1.54, 1.807) is 44.7 Å². The first-order valence-corrected chi connectivity index (χ1v) is 8.87. The maximum Gasteiger partial charge on any atom is 0.272 e. The van der Waals surface area contributed by atoms with E-state index in [4.69, 9.17) is 14.2 Å². The van der Waals surface area contributed by atoms with Gasteiger partial charge in [-0.05, 0) is 29.8 Å². The molecule has 0 aliphatic heterocycles. The monoisotopic (exact) mass is 391 g/mol. The number of ether oxygens (including phenoxy) is 3. The van der Waals surface area contributed by atoms with Gasteiger partial charge in [0.25, 0.3) is 5.91 Å². The van der Waals surface area contributed by atoms with E-state index in [2.05, 4.69) is 15.5 Å². The topological polar surface area (TPSA) is 82.0 Å². The second-order valence-electron chi connectivity index (χ2n) is 5.97. The summed E-state index contributed by atoms with van der Waals surface area (Å²) in [6, 6.07) is 16.7. The van der Waals surface area contributed by atoms with Crippen LogP contribution in [0.4, 0.5) is 0 Å². The van der Waals surface area contributed by atoms with E-state index in [9.17, 15) is 4.79 Å². The zero-order valence-electron chi connectivity index (χ0n) is 16.2. The van der Waals surface area contributed by atoms with Gasteiger partial charge in [0.05, 0.1) is 26.0 Å². The summed E-state index contributed by atoms with van der Waals surface area (Å²) in [6.07, 6.45) is 4.57. The Balaban J connectivity index is 1.74. The van der Waals surface area contributed by atoms with Crippen LogP contribution in [0.2, 0.25) is 0 Å². The predicted octanol–water partition coefficient (Wildman–Crippen LogP) is 3.44. The van der Waals surface area contributed by atoms with Crippen molar-refractivity contribution in [3.8, 4) is 17.2 Å². The smallest absolute Gasteiger partial charge is 0.272 e. The molecule has 7 heteroatoms. The fraction of sp³-hybridized carbons (Fsp3) is 0.136. The summed E-state index contributed by atoms with van der Waals surface area (Å²) in [4.78, 5) is 15.9. The largest absolute Gasteiger partial charge is 0.493 e. The number of nitrogens with one attached hydrogen (secondary N) is 1. The molecule has 0 radical (unpaired) electrons. The quantitative estimate of drug-likeness (QED) is 0.470. The number of rotatable bonds is 8. The van der Waals surface area contributed by atoms with E-state index in [0.717, 1.165) is 5.56 Å². The van der Waals surface area contributed by atoms with Gasteiger partial charge in [0.15, 0.2) is 11.5 Å². The number of carbonyl (C=O) groups excluding carboxylic acids is 1. The minimum Gasteiger partial charge on any atom is -0.493 e. The normalized spacial score (nSPS) is 10.6. The minimum absolute atomic E-state index is 0.351. The lowest BCUT2D eigenvalue weighted by Crippen LogP contribution is -2.17. The highest BCUT2D eigenvalue weighted by atomic mass is 16.5. The van der Waals surface area contributed by atoms with Crippen LogP contribution in [0.1, 0.15) is 21.5 Å². The molecular formula is C22H21N3O4. The number of amides is 1. The van der Waals surface area contributed by atoms with Gasteiger partial charge in [-0.2, -0.15) is 5.10 Å². The van der Waals surface area contributed by atoms with Crippen LogP contribution in [-0.4, -0.2) is 31.3 Å². The first-order chi connectivity index (χ1) is 14.2. The Morgan fingerprint density at radius 2 is 1.79 bits per heavy atom. The van der Waals surface area contributed by atoms with Crippen LogP contribution in [0.15, 0.2) is 72.1 Å². The van der Waals surface area contributed by atoms with Crippen molar-refractivity contribution >= 4 is 12.1 Å². The molecule has 1 heterocycles. The second-order valence-corrected chi connectivity index (χ2v) is 5.97. The second kappa shape index (κ2) is 9.89. The van der Waals surface area contributed by atoms with E-state index in [-0.39, 0.29) is 5.91 Å². The molecule has 0 saturated heterocycles. The summed E-state index contributed by atoms with van der Waals surface area (Å²) in [6.45, 7) is 0.377. The number of benzene rings is 2. The molecule has 0 spiro atoms. The Morgan fingerprint density at radius 3 is 2.41 bits per heavy atom. The van der Waals surface area contributed by atoms with E-state index in [0.29, 0.717) is 35.0 Å². The van der Waals surface area contributed by atoms with Crippen LogP contribution in [0.3, 0.4) is 0 Å². The number of hydrazone groups is 1. The zero-order valence-corrected chi connectivity index (χ0v) is 16.2. The molecule has 0 saturated carbocycles. The fourth-order valence-corrected chi connectivity index (χ4v) is 2.57. The molecule has 2 aromatic carbocycles. The van der Waals surface area contributed by atoms with Gasteiger partial charge in [-0.15, -0.1) is 0 Å². The number of aromatic nitrogens is 1. The van der Waals surface area contributed by atoms with Crippen molar-refractivity contribution < 1.29 is 19.0 Å². The molecule has 0 bridgehead atoms. The fourth-order valence-electron chi connectivity index (χ4n) is 2.57. The lowest BCUT2D eigenvalue weighted by atomic mass is 10.2. The molecule has 7 nitrogen and oxygen atoms in total. The van der Waals surface area contributed by atoms with Gasteiger partial charge in [-0.25, -0.2) is 5.43 Å². The van der Waals surface area contributed by atoms with Crippen LogP contribution < -0.4 is 19.6 Å². The van der Waals surface area contributed by atoms with Crippen molar-refractivity contribution in [3.05, 3.63) is 83.7 Å². The summed E-state index contributed by atoms with van der Waals surface area (Å²) in [5.41, 5.74) is 4.59. The van der Waals surface area contributed by atoms with Gasteiger partial charge < -0.3 is 14.2 Å². The van der Waals surface area contributed by atoms with Crippen LogP contribution in [0.25, 0.3) is 0 Å². The lowest BCUT2D eigenvalue weighted by molar-refractivity contribution is 0.0955. The maximum atomic E-state index is 12.0. The number of hydrogen-bond acceptors (Lipinski definition) is 6. The molecule has 0 aliphatic carbocycles. The van der Waals surface area contributed by atoms with Gasteiger partial charge >= 0.3 is 0 Å². The summed E-state index contributed by atoms with van der Waals surface area (Å²) >= 11 is 0. The predicted molar refractivity (Wildman–Crippen MR) is 110 cm³/mol. The molecule has 1 N–H and O–H groups in total. The van der Waals surface area contributed by atoms with Crippen molar-refractivity contribution in [2.75, 3.05) is 14.2 Å². The molecule has 29 heavy (non-hydrogen) atoms. The Labute approximate surface area is 169 Å². The van der Waals surface area contributed by atoms with Crippen molar-refractivity contribution in [1.82, 2.24) is 10.4 Å². The molecule has 0 unspecified atom stereocenters. The number of methoxy groups -OCH3 is 2. The van der Waals surface area contributed by atoms with E-state index >= 15 is 0 Å². The van der Waals surface area contributed by atoms with Crippen molar-refractivity contribution in [3.63, 3.8) is 0 Å². The molecule has 1 aromatic heterocycles. The third kappa shape index (κ3) is 5.32. The van der Waals surface area contributed by atoms with Gasteiger partial charge in [0.2, 0.25) is 5.75 Å². The van der Waals surface area contributed by atoms with Crippen LogP contribution in [0.5, 0.6) is 17.2 Å². The number of nitrogens with zero attached hydrogens (tertiary/aromatic N) is 2. The molecule has 1 amide bonds. The Kier molecular flexibility index (Phi) is 6.78. The highest BCUT2D eigenvalue weighted by molar-refractivity contribution is 5.94. The Bertz CT molecular complexity index is 951. The SMILES string of the molecule is COc1cc(/C=N\NC(=O)c2cccnc2)cc(OC)c1OCc1ccccc1. The van der Waals surface area contributed by atoms with Crippen LogP contribution in [0, 0.1) is 0 Å². The highest BCUT2D eigenvalue weighted by Gasteiger charge is 2.14. The standard InChI is InChI=1S/C22H21N3O4/c1-27-19-11-17(13-24-25-22(26)18-9-6-10-23-14-18)12-20(28-2)21(19)29-15-16-7-4-3-5-8-16/h3-14H,15H2,1-2H3,(H,25,26)/b24-13-. The van der Waals surface area contributed by atoms with E-state index < -0.39 is 0 Å². The van der Waals surface area contributed by atoms with Gasteiger partial charge in [-0.3, -0.25) is 9.78 Å². The molecule has 0 atom stereocenters. The van der Waals surface area contributed by atoms with E-state index in [1.165, 1.54) is 12.4 Å². The number of carbonyl (C=O) groups is 1. The lowest BCUT2D eigenvalue weighted by Gasteiger charge is -2.15. The zero-order chi connectivity index (χ0) is 20.5. The maximum absolute atomic E-state index is 12.0. The average Bonchev–Trinajstić information content (AvgIpc) is 2.78. The Morgan fingerprint density at radius 1 is 1.07 bits per heavy atom. The van der Waals surface area contributed by atoms with Gasteiger partial charge in [0, 0.05) is 18.0 Å². The molecule has 148 valence electrons.